The maximum Gasteiger partial charge on any atom is 0.267 e. The molecule has 29 heavy (non-hydrogen) atoms. The second-order valence-electron chi connectivity index (χ2n) is 6.75. The summed E-state index contributed by atoms with van der Waals surface area (Å²) in [6.45, 7) is 2.53. The minimum absolute atomic E-state index is 0.200. The zero-order chi connectivity index (χ0) is 20.7. The summed E-state index contributed by atoms with van der Waals surface area (Å²) in [5.74, 6) is -0.400. The maximum atomic E-state index is 12.4. The molecule has 0 aliphatic carbocycles. The van der Waals surface area contributed by atoms with E-state index in [-0.39, 0.29) is 4.90 Å². The SMILES string of the molecule is Cc1ccc(S(=O)(=O)Nc2ccc(/C=C/C(=O)NOC3CCCCO3)cc2)cc1. The van der Waals surface area contributed by atoms with Crippen molar-refractivity contribution < 1.29 is 22.8 Å². The van der Waals surface area contributed by atoms with Gasteiger partial charge in [0, 0.05) is 24.8 Å². The Morgan fingerprint density at radius 1 is 1.10 bits per heavy atom. The third kappa shape index (κ3) is 6.42. The molecule has 2 aromatic carbocycles. The highest BCUT2D eigenvalue weighted by Gasteiger charge is 2.15. The molecule has 1 aliphatic rings. The van der Waals surface area contributed by atoms with Crippen molar-refractivity contribution >= 4 is 27.7 Å². The van der Waals surface area contributed by atoms with Crippen molar-refractivity contribution in [2.75, 3.05) is 11.3 Å². The van der Waals surface area contributed by atoms with Crippen LogP contribution in [0.2, 0.25) is 0 Å². The quantitative estimate of drug-likeness (QED) is 0.533. The van der Waals surface area contributed by atoms with Crippen LogP contribution in [-0.2, 0) is 24.4 Å². The summed E-state index contributed by atoms with van der Waals surface area (Å²) < 4.78 is 32.7. The number of aryl methyl sites for hydroxylation is 1. The summed E-state index contributed by atoms with van der Waals surface area (Å²) in [4.78, 5) is 17.2. The molecule has 0 spiro atoms. The number of anilines is 1. The van der Waals surface area contributed by atoms with Crippen LogP contribution in [0.25, 0.3) is 6.08 Å². The minimum Gasteiger partial charge on any atom is -0.350 e. The monoisotopic (exact) mass is 416 g/mol. The first-order valence-electron chi connectivity index (χ1n) is 9.37. The van der Waals surface area contributed by atoms with E-state index in [1.165, 1.54) is 6.08 Å². The summed E-state index contributed by atoms with van der Waals surface area (Å²) in [6, 6.07) is 13.3. The summed E-state index contributed by atoms with van der Waals surface area (Å²) in [5.41, 5.74) is 4.51. The summed E-state index contributed by atoms with van der Waals surface area (Å²) in [5, 5.41) is 0. The van der Waals surface area contributed by atoms with Crippen LogP contribution < -0.4 is 10.2 Å². The smallest absolute Gasteiger partial charge is 0.267 e. The molecular formula is C21H24N2O5S. The summed E-state index contributed by atoms with van der Waals surface area (Å²) >= 11 is 0. The lowest BCUT2D eigenvalue weighted by Crippen LogP contribution is -2.32. The number of hydrogen-bond acceptors (Lipinski definition) is 5. The first-order valence-corrected chi connectivity index (χ1v) is 10.9. The lowest BCUT2D eigenvalue weighted by atomic mass is 10.2. The fraction of sp³-hybridized carbons (Fsp3) is 0.286. The van der Waals surface area contributed by atoms with Gasteiger partial charge in [-0.25, -0.2) is 18.7 Å². The van der Waals surface area contributed by atoms with Crippen LogP contribution in [0.4, 0.5) is 5.69 Å². The molecule has 1 aliphatic heterocycles. The molecular weight excluding hydrogens is 392 g/mol. The maximum absolute atomic E-state index is 12.4. The standard InChI is InChI=1S/C21H24N2O5S/c1-16-5-12-19(13-6-16)29(25,26)23-18-10-7-17(8-11-18)9-14-20(24)22-28-21-4-2-3-15-27-21/h5-14,21,23H,2-4,15H2,1H3,(H,22,24)/b14-9+. The Labute approximate surface area is 170 Å². The lowest BCUT2D eigenvalue weighted by molar-refractivity contribution is -0.198. The van der Waals surface area contributed by atoms with Gasteiger partial charge in [0.15, 0.2) is 6.29 Å². The van der Waals surface area contributed by atoms with Crippen molar-refractivity contribution in [3.05, 3.63) is 65.7 Å². The highest BCUT2D eigenvalue weighted by atomic mass is 32.2. The van der Waals surface area contributed by atoms with Crippen LogP contribution >= 0.6 is 0 Å². The van der Waals surface area contributed by atoms with Crippen molar-refractivity contribution in [1.29, 1.82) is 0 Å². The molecule has 0 aromatic heterocycles. The Kier molecular flexibility index (Phi) is 7.03. The third-order valence-electron chi connectivity index (χ3n) is 4.35. The second kappa shape index (κ2) is 9.69. The topological polar surface area (TPSA) is 93.7 Å². The van der Waals surface area contributed by atoms with Crippen molar-refractivity contribution in [1.82, 2.24) is 5.48 Å². The van der Waals surface area contributed by atoms with Gasteiger partial charge in [0.1, 0.15) is 0 Å². The number of carbonyl (C=O) groups excluding carboxylic acids is 1. The first-order chi connectivity index (χ1) is 13.9. The van der Waals surface area contributed by atoms with E-state index in [9.17, 15) is 13.2 Å². The fourth-order valence-electron chi connectivity index (χ4n) is 2.73. The Balaban J connectivity index is 1.53. The van der Waals surface area contributed by atoms with Crippen LogP contribution in [0.3, 0.4) is 0 Å². The number of benzene rings is 2. The molecule has 2 aromatic rings. The second-order valence-corrected chi connectivity index (χ2v) is 8.44. The average Bonchev–Trinajstić information content (AvgIpc) is 2.72. The van der Waals surface area contributed by atoms with Gasteiger partial charge in [-0.1, -0.05) is 29.8 Å². The predicted molar refractivity (Wildman–Crippen MR) is 110 cm³/mol. The van der Waals surface area contributed by atoms with Gasteiger partial charge in [-0.05, 0) is 55.7 Å². The molecule has 7 nitrogen and oxygen atoms in total. The molecule has 1 unspecified atom stereocenters. The molecule has 0 saturated carbocycles. The number of hydroxylamine groups is 1. The van der Waals surface area contributed by atoms with E-state index in [1.54, 1.807) is 54.6 Å². The Bertz CT molecular complexity index is 948. The van der Waals surface area contributed by atoms with E-state index >= 15 is 0 Å². The van der Waals surface area contributed by atoms with Gasteiger partial charge >= 0.3 is 0 Å². The number of ether oxygens (including phenoxy) is 1. The predicted octanol–water partition coefficient (Wildman–Crippen LogP) is 3.38. The molecule has 1 amide bonds. The first kappa shape index (κ1) is 21.0. The van der Waals surface area contributed by atoms with Gasteiger partial charge in [-0.15, -0.1) is 0 Å². The molecule has 1 atom stereocenters. The van der Waals surface area contributed by atoms with Crippen molar-refractivity contribution in [2.45, 2.75) is 37.4 Å². The lowest BCUT2D eigenvalue weighted by Gasteiger charge is -2.21. The molecule has 0 radical (unpaired) electrons. The van der Waals surface area contributed by atoms with Gasteiger partial charge in [-0.3, -0.25) is 9.52 Å². The van der Waals surface area contributed by atoms with Gasteiger partial charge in [0.25, 0.3) is 15.9 Å². The minimum atomic E-state index is -3.65. The molecule has 1 heterocycles. The van der Waals surface area contributed by atoms with Crippen LogP contribution in [0, 0.1) is 6.92 Å². The number of sulfonamides is 1. The van der Waals surface area contributed by atoms with Gasteiger partial charge < -0.3 is 4.74 Å². The molecule has 8 heteroatoms. The van der Waals surface area contributed by atoms with Crippen LogP contribution in [0.15, 0.2) is 59.5 Å². The largest absolute Gasteiger partial charge is 0.350 e. The molecule has 0 bridgehead atoms. The number of nitrogens with one attached hydrogen (secondary N) is 2. The molecule has 2 N–H and O–H groups in total. The zero-order valence-corrected chi connectivity index (χ0v) is 16.9. The van der Waals surface area contributed by atoms with Crippen molar-refractivity contribution in [2.24, 2.45) is 0 Å². The molecule has 154 valence electrons. The van der Waals surface area contributed by atoms with E-state index < -0.39 is 22.2 Å². The number of carbonyl (C=O) groups is 1. The van der Waals surface area contributed by atoms with E-state index in [4.69, 9.17) is 9.57 Å². The Morgan fingerprint density at radius 3 is 2.48 bits per heavy atom. The van der Waals surface area contributed by atoms with Gasteiger partial charge in [0.05, 0.1) is 4.90 Å². The van der Waals surface area contributed by atoms with Crippen LogP contribution in [0.5, 0.6) is 0 Å². The van der Waals surface area contributed by atoms with Crippen LogP contribution in [0.1, 0.15) is 30.4 Å². The van der Waals surface area contributed by atoms with Crippen molar-refractivity contribution in [3.8, 4) is 0 Å². The summed E-state index contributed by atoms with van der Waals surface area (Å²) in [7, 11) is -3.65. The Morgan fingerprint density at radius 2 is 1.83 bits per heavy atom. The normalized spacial score (nSPS) is 17.2. The third-order valence-corrected chi connectivity index (χ3v) is 5.75. The van der Waals surface area contributed by atoms with E-state index in [0.717, 1.165) is 30.4 Å². The van der Waals surface area contributed by atoms with Crippen LogP contribution in [-0.4, -0.2) is 27.2 Å². The summed E-state index contributed by atoms with van der Waals surface area (Å²) in [6.07, 6.45) is 5.32. The number of rotatable bonds is 7. The number of amides is 1. The van der Waals surface area contributed by atoms with Gasteiger partial charge in [0.2, 0.25) is 0 Å². The fourth-order valence-corrected chi connectivity index (χ4v) is 3.79. The van der Waals surface area contributed by atoms with E-state index in [0.29, 0.717) is 12.3 Å². The van der Waals surface area contributed by atoms with E-state index in [2.05, 4.69) is 10.2 Å². The molecule has 1 saturated heterocycles. The molecule has 1 fully saturated rings. The van der Waals surface area contributed by atoms with E-state index in [1.807, 2.05) is 6.92 Å². The number of hydrogen-bond donors (Lipinski definition) is 2. The molecule has 3 rings (SSSR count). The van der Waals surface area contributed by atoms with Crippen molar-refractivity contribution in [3.63, 3.8) is 0 Å². The highest BCUT2D eigenvalue weighted by molar-refractivity contribution is 7.92. The zero-order valence-electron chi connectivity index (χ0n) is 16.1. The Hall–Kier alpha value is -2.68. The van der Waals surface area contributed by atoms with Gasteiger partial charge in [-0.2, -0.15) is 0 Å². The average molecular weight is 416 g/mol. The highest BCUT2D eigenvalue weighted by Crippen LogP contribution is 2.18.